The lowest BCUT2D eigenvalue weighted by Gasteiger charge is -2.03. The zero-order valence-corrected chi connectivity index (χ0v) is 16.6. The monoisotopic (exact) mass is 359 g/mol. The molecule has 1 aliphatic heterocycles. The van der Waals surface area contributed by atoms with Crippen molar-refractivity contribution in [3.63, 3.8) is 0 Å². The van der Waals surface area contributed by atoms with Gasteiger partial charge in [0, 0.05) is 32.9 Å². The molecule has 0 saturated carbocycles. The number of amidine groups is 1. The predicted molar refractivity (Wildman–Crippen MR) is 111 cm³/mol. The van der Waals surface area contributed by atoms with Gasteiger partial charge in [0.25, 0.3) is 0 Å². The van der Waals surface area contributed by atoms with E-state index in [0.717, 1.165) is 31.5 Å². The quantitative estimate of drug-likeness (QED) is 0.225. The number of allylic oxidation sites excluding steroid dienone is 2. The minimum atomic E-state index is 0.177. The summed E-state index contributed by atoms with van der Waals surface area (Å²) in [5.74, 6) is 3.95. The van der Waals surface area contributed by atoms with Crippen molar-refractivity contribution >= 4 is 11.7 Å². The summed E-state index contributed by atoms with van der Waals surface area (Å²) in [5, 5.41) is 8.90. The van der Waals surface area contributed by atoms with Crippen LogP contribution < -0.4 is 5.32 Å². The van der Waals surface area contributed by atoms with E-state index in [-0.39, 0.29) is 5.91 Å². The van der Waals surface area contributed by atoms with Crippen molar-refractivity contribution in [2.45, 2.75) is 89.9 Å². The Balaban J connectivity index is 1.74. The number of carbonyl (C=O) groups is 1. The van der Waals surface area contributed by atoms with Crippen molar-refractivity contribution < 1.29 is 4.79 Å². The molecule has 0 fully saturated rings. The van der Waals surface area contributed by atoms with Crippen molar-refractivity contribution in [2.24, 2.45) is 5.10 Å². The van der Waals surface area contributed by atoms with Gasteiger partial charge in [0.15, 0.2) is 0 Å². The molecular formula is C22H37N3O. The third kappa shape index (κ3) is 13.5. The molecule has 0 saturated heterocycles. The molecule has 0 aromatic carbocycles. The SMILES string of the molecule is C#CCCCCCC/C=C\CCCCCCCC(=O)NCCC1=NN1C. The Hall–Kier alpha value is -1.76. The van der Waals surface area contributed by atoms with E-state index in [1.165, 1.54) is 57.8 Å². The lowest BCUT2D eigenvalue weighted by Crippen LogP contribution is -2.25. The van der Waals surface area contributed by atoms with Gasteiger partial charge in [0.1, 0.15) is 5.84 Å². The van der Waals surface area contributed by atoms with Gasteiger partial charge < -0.3 is 5.32 Å². The van der Waals surface area contributed by atoms with E-state index < -0.39 is 0 Å². The third-order valence-corrected chi connectivity index (χ3v) is 4.65. The Kier molecular flexibility index (Phi) is 13.3. The van der Waals surface area contributed by atoms with Crippen LogP contribution in [0.5, 0.6) is 0 Å². The number of hydrazone groups is 1. The summed E-state index contributed by atoms with van der Waals surface area (Å²) in [6, 6.07) is 0. The highest BCUT2D eigenvalue weighted by Crippen LogP contribution is 2.10. The number of rotatable bonds is 17. The molecule has 0 atom stereocenters. The first kappa shape index (κ1) is 22.3. The summed E-state index contributed by atoms with van der Waals surface area (Å²) < 4.78 is 0. The molecule has 0 aliphatic carbocycles. The van der Waals surface area contributed by atoms with Crippen molar-refractivity contribution in [3.05, 3.63) is 12.2 Å². The van der Waals surface area contributed by atoms with E-state index in [2.05, 4.69) is 28.5 Å². The number of nitrogens with zero attached hydrogens (tertiary/aromatic N) is 2. The minimum absolute atomic E-state index is 0.177. The highest BCUT2D eigenvalue weighted by atomic mass is 16.1. The molecule has 146 valence electrons. The van der Waals surface area contributed by atoms with E-state index >= 15 is 0 Å². The fourth-order valence-corrected chi connectivity index (χ4v) is 2.92. The lowest BCUT2D eigenvalue weighted by atomic mass is 10.1. The smallest absolute Gasteiger partial charge is 0.220 e. The molecule has 0 aromatic rings. The Morgan fingerprint density at radius 1 is 1.04 bits per heavy atom. The van der Waals surface area contributed by atoms with E-state index in [1.54, 1.807) is 0 Å². The molecule has 1 rings (SSSR count). The van der Waals surface area contributed by atoms with Crippen molar-refractivity contribution in [2.75, 3.05) is 13.6 Å². The van der Waals surface area contributed by atoms with Crippen molar-refractivity contribution in [1.29, 1.82) is 0 Å². The van der Waals surface area contributed by atoms with Gasteiger partial charge >= 0.3 is 0 Å². The predicted octanol–water partition coefficient (Wildman–Crippen LogP) is 5.01. The number of terminal acetylenes is 1. The number of hydrogen-bond donors (Lipinski definition) is 1. The van der Waals surface area contributed by atoms with Crippen LogP contribution in [0.4, 0.5) is 0 Å². The van der Waals surface area contributed by atoms with E-state index in [1.807, 2.05) is 12.1 Å². The molecule has 0 aromatic heterocycles. The number of unbranched alkanes of at least 4 members (excludes halogenated alkanes) is 10. The van der Waals surface area contributed by atoms with Crippen molar-refractivity contribution in [1.82, 2.24) is 10.3 Å². The Morgan fingerprint density at radius 2 is 1.62 bits per heavy atom. The molecule has 0 spiro atoms. The first-order valence-electron chi connectivity index (χ1n) is 10.4. The summed E-state index contributed by atoms with van der Waals surface area (Å²) in [6.45, 7) is 0.708. The maximum atomic E-state index is 11.7. The van der Waals surface area contributed by atoms with Gasteiger partial charge in [-0.2, -0.15) is 5.10 Å². The molecule has 1 aliphatic rings. The maximum Gasteiger partial charge on any atom is 0.220 e. The third-order valence-electron chi connectivity index (χ3n) is 4.65. The fraction of sp³-hybridized carbons (Fsp3) is 0.727. The van der Waals surface area contributed by atoms with E-state index in [9.17, 15) is 4.79 Å². The van der Waals surface area contributed by atoms with Gasteiger partial charge in [-0.25, -0.2) is 0 Å². The van der Waals surface area contributed by atoms with Gasteiger partial charge in [0.2, 0.25) is 5.91 Å². The molecule has 0 bridgehead atoms. The van der Waals surface area contributed by atoms with Crippen LogP contribution in [0, 0.1) is 12.3 Å². The van der Waals surface area contributed by atoms with Crippen molar-refractivity contribution in [3.8, 4) is 12.3 Å². The second kappa shape index (κ2) is 15.5. The fourth-order valence-electron chi connectivity index (χ4n) is 2.92. The summed E-state index contributed by atoms with van der Waals surface area (Å²) >= 11 is 0. The Bertz CT molecular complexity index is 476. The highest BCUT2D eigenvalue weighted by molar-refractivity contribution is 5.90. The van der Waals surface area contributed by atoms with Gasteiger partial charge in [0.05, 0.1) is 0 Å². The molecule has 4 heteroatoms. The highest BCUT2D eigenvalue weighted by Gasteiger charge is 2.17. The average molecular weight is 360 g/mol. The number of carbonyl (C=O) groups excluding carboxylic acids is 1. The normalized spacial score (nSPS) is 12.9. The number of amides is 1. The Morgan fingerprint density at radius 3 is 2.23 bits per heavy atom. The Labute approximate surface area is 160 Å². The minimum Gasteiger partial charge on any atom is -0.356 e. The maximum absolute atomic E-state index is 11.7. The molecule has 26 heavy (non-hydrogen) atoms. The summed E-state index contributed by atoms with van der Waals surface area (Å²) in [7, 11) is 1.93. The number of hydrogen-bond acceptors (Lipinski definition) is 3. The topological polar surface area (TPSA) is 44.5 Å². The van der Waals surface area contributed by atoms with Gasteiger partial charge in [-0.05, 0) is 38.5 Å². The van der Waals surface area contributed by atoms with Crippen LogP contribution in [-0.2, 0) is 4.79 Å². The lowest BCUT2D eigenvalue weighted by molar-refractivity contribution is -0.121. The van der Waals surface area contributed by atoms with Crippen LogP contribution in [0.1, 0.15) is 89.9 Å². The van der Waals surface area contributed by atoms with Crippen LogP contribution in [0.15, 0.2) is 17.3 Å². The zero-order valence-electron chi connectivity index (χ0n) is 16.6. The molecule has 1 heterocycles. The molecule has 4 nitrogen and oxygen atoms in total. The molecule has 0 unspecified atom stereocenters. The first-order chi connectivity index (χ1) is 12.7. The van der Waals surface area contributed by atoms with Gasteiger partial charge in [-0.3, -0.25) is 9.80 Å². The second-order valence-electron chi connectivity index (χ2n) is 7.07. The number of nitrogens with one attached hydrogen (secondary N) is 1. The average Bonchev–Trinajstić information content (AvgIpc) is 3.33. The van der Waals surface area contributed by atoms with Crippen LogP contribution in [-0.4, -0.2) is 30.3 Å². The molecule has 1 amide bonds. The van der Waals surface area contributed by atoms with Crippen LogP contribution in [0.3, 0.4) is 0 Å². The van der Waals surface area contributed by atoms with Gasteiger partial charge in [-0.15, -0.1) is 12.3 Å². The second-order valence-corrected chi connectivity index (χ2v) is 7.07. The largest absolute Gasteiger partial charge is 0.356 e. The molecular weight excluding hydrogens is 322 g/mol. The standard InChI is InChI=1S/C22H37N3O/c1-3-4-5-6-7-8-9-10-11-12-13-14-15-16-17-18-22(26)23-20-19-21-24-25(21)2/h1,10-11H,4-9,12-20H2,2H3,(H,23,26)/b11-10-. The summed E-state index contributed by atoms with van der Waals surface area (Å²) in [4.78, 5) is 11.7. The van der Waals surface area contributed by atoms with Gasteiger partial charge in [-0.1, -0.05) is 44.3 Å². The zero-order chi connectivity index (χ0) is 18.9. The summed E-state index contributed by atoms with van der Waals surface area (Å²) in [6.07, 6.45) is 25.7. The van der Waals surface area contributed by atoms with E-state index in [0.29, 0.717) is 13.0 Å². The molecule has 1 N–H and O–H groups in total. The van der Waals surface area contributed by atoms with Crippen LogP contribution in [0.2, 0.25) is 0 Å². The summed E-state index contributed by atoms with van der Waals surface area (Å²) in [5.41, 5.74) is 0. The van der Waals surface area contributed by atoms with Crippen LogP contribution in [0.25, 0.3) is 0 Å². The van der Waals surface area contributed by atoms with Crippen LogP contribution >= 0.6 is 0 Å². The molecule has 0 radical (unpaired) electrons. The first-order valence-corrected chi connectivity index (χ1v) is 10.4. The van der Waals surface area contributed by atoms with E-state index in [4.69, 9.17) is 6.42 Å².